The predicted molar refractivity (Wildman–Crippen MR) is 94.5 cm³/mol. The van der Waals surface area contributed by atoms with Crippen LogP contribution in [0.5, 0.6) is 0 Å². The minimum absolute atomic E-state index is 0.00270. The summed E-state index contributed by atoms with van der Waals surface area (Å²) in [5.41, 5.74) is 1.49. The summed E-state index contributed by atoms with van der Waals surface area (Å²) in [5.74, 6) is -1.28. The van der Waals surface area contributed by atoms with Gasteiger partial charge in [0.2, 0.25) is 0 Å². The summed E-state index contributed by atoms with van der Waals surface area (Å²) in [5, 5.41) is 6.50. The first kappa shape index (κ1) is 18.9. The van der Waals surface area contributed by atoms with Gasteiger partial charge in [0, 0.05) is 24.6 Å². The van der Waals surface area contributed by atoms with E-state index in [0.29, 0.717) is 5.56 Å². The number of aromatic nitrogens is 3. The van der Waals surface area contributed by atoms with E-state index < -0.39 is 21.8 Å². The predicted octanol–water partition coefficient (Wildman–Crippen LogP) is 3.40. The molecule has 0 aliphatic carbocycles. The molecule has 0 fully saturated rings. The van der Waals surface area contributed by atoms with Crippen LogP contribution < -0.4 is 5.32 Å². The van der Waals surface area contributed by atoms with Crippen molar-refractivity contribution in [3.8, 4) is 17.1 Å². The Balaban J connectivity index is 2.14. The fourth-order valence-electron chi connectivity index (χ4n) is 2.42. The SMILES string of the molecule is CNc1ccc(-c2nc(C(F)(F)F)nn2-c2ccc(S(C)(=O)=O)cc2)cc1. The molecule has 142 valence electrons. The molecule has 10 heteroatoms. The molecule has 0 unspecified atom stereocenters. The molecule has 2 aromatic carbocycles. The van der Waals surface area contributed by atoms with Crippen molar-refractivity contribution in [1.82, 2.24) is 14.8 Å². The number of nitrogens with one attached hydrogen (secondary N) is 1. The number of anilines is 1. The average Bonchev–Trinajstić information content (AvgIpc) is 3.07. The van der Waals surface area contributed by atoms with Gasteiger partial charge in [0.25, 0.3) is 5.82 Å². The van der Waals surface area contributed by atoms with Crippen molar-refractivity contribution < 1.29 is 21.6 Å². The van der Waals surface area contributed by atoms with Gasteiger partial charge in [0.15, 0.2) is 15.7 Å². The van der Waals surface area contributed by atoms with Crippen LogP contribution in [0, 0.1) is 0 Å². The zero-order valence-electron chi connectivity index (χ0n) is 14.3. The van der Waals surface area contributed by atoms with Crippen LogP contribution in [0.15, 0.2) is 53.4 Å². The van der Waals surface area contributed by atoms with Crippen molar-refractivity contribution in [2.45, 2.75) is 11.1 Å². The summed E-state index contributed by atoms with van der Waals surface area (Å²) >= 11 is 0. The quantitative estimate of drug-likeness (QED) is 0.732. The van der Waals surface area contributed by atoms with Gasteiger partial charge in [-0.25, -0.2) is 18.1 Å². The second-order valence-electron chi connectivity index (χ2n) is 5.76. The number of nitrogens with zero attached hydrogens (tertiary/aromatic N) is 3. The molecule has 0 spiro atoms. The van der Waals surface area contributed by atoms with Crippen LogP contribution in [-0.2, 0) is 16.0 Å². The first-order valence-electron chi connectivity index (χ1n) is 7.72. The van der Waals surface area contributed by atoms with E-state index in [4.69, 9.17) is 0 Å². The van der Waals surface area contributed by atoms with E-state index >= 15 is 0 Å². The molecule has 1 N–H and O–H groups in total. The lowest BCUT2D eigenvalue weighted by Gasteiger charge is -2.08. The molecule has 0 atom stereocenters. The molecule has 6 nitrogen and oxygen atoms in total. The molecule has 0 saturated carbocycles. The van der Waals surface area contributed by atoms with Crippen LogP contribution in [0.4, 0.5) is 18.9 Å². The van der Waals surface area contributed by atoms with Crippen LogP contribution in [0.2, 0.25) is 0 Å². The van der Waals surface area contributed by atoms with Crippen molar-refractivity contribution in [3.05, 3.63) is 54.4 Å². The normalized spacial score (nSPS) is 12.2. The van der Waals surface area contributed by atoms with Crippen molar-refractivity contribution in [3.63, 3.8) is 0 Å². The van der Waals surface area contributed by atoms with Crippen molar-refractivity contribution in [1.29, 1.82) is 0 Å². The maximum absolute atomic E-state index is 13.1. The number of benzene rings is 2. The summed E-state index contributed by atoms with van der Waals surface area (Å²) in [4.78, 5) is 3.70. The Hall–Kier alpha value is -2.88. The summed E-state index contributed by atoms with van der Waals surface area (Å²) in [6.07, 6.45) is -3.66. The monoisotopic (exact) mass is 396 g/mol. The largest absolute Gasteiger partial charge is 0.453 e. The molecule has 0 saturated heterocycles. The molecule has 0 amide bonds. The highest BCUT2D eigenvalue weighted by atomic mass is 32.2. The molecule has 3 aromatic rings. The van der Waals surface area contributed by atoms with E-state index in [1.165, 1.54) is 24.3 Å². The third-order valence-corrected chi connectivity index (χ3v) is 4.93. The zero-order chi connectivity index (χ0) is 19.8. The van der Waals surface area contributed by atoms with Crippen molar-refractivity contribution >= 4 is 15.5 Å². The van der Waals surface area contributed by atoms with Crippen LogP contribution in [-0.4, -0.2) is 36.5 Å². The first-order chi connectivity index (χ1) is 12.6. The molecule has 0 bridgehead atoms. The fraction of sp³-hybridized carbons (Fsp3) is 0.176. The third kappa shape index (κ3) is 3.95. The lowest BCUT2D eigenvalue weighted by atomic mass is 10.2. The highest BCUT2D eigenvalue weighted by Gasteiger charge is 2.37. The number of hydrogen-bond donors (Lipinski definition) is 1. The topological polar surface area (TPSA) is 76.9 Å². The molecule has 0 aliphatic rings. The molecule has 0 radical (unpaired) electrons. The third-order valence-electron chi connectivity index (χ3n) is 3.80. The Kier molecular flexibility index (Phi) is 4.68. The van der Waals surface area contributed by atoms with E-state index in [-0.39, 0.29) is 16.4 Å². The number of sulfone groups is 1. The minimum atomic E-state index is -4.71. The highest BCUT2D eigenvalue weighted by Crippen LogP contribution is 2.31. The Labute approximate surface area is 153 Å². The minimum Gasteiger partial charge on any atom is -0.388 e. The van der Waals surface area contributed by atoms with Gasteiger partial charge in [-0.2, -0.15) is 13.2 Å². The first-order valence-corrected chi connectivity index (χ1v) is 9.61. The Morgan fingerprint density at radius 1 is 1.00 bits per heavy atom. The van der Waals surface area contributed by atoms with Crippen LogP contribution in [0.3, 0.4) is 0 Å². The van der Waals surface area contributed by atoms with Crippen LogP contribution in [0.25, 0.3) is 17.1 Å². The van der Waals surface area contributed by atoms with E-state index in [9.17, 15) is 21.6 Å². The van der Waals surface area contributed by atoms with Gasteiger partial charge in [-0.3, -0.25) is 0 Å². The lowest BCUT2D eigenvalue weighted by molar-refractivity contribution is -0.144. The average molecular weight is 396 g/mol. The van der Waals surface area contributed by atoms with Gasteiger partial charge in [0.1, 0.15) is 0 Å². The molecule has 3 rings (SSSR count). The van der Waals surface area contributed by atoms with Gasteiger partial charge < -0.3 is 5.32 Å². The molecule has 27 heavy (non-hydrogen) atoms. The standard InChI is InChI=1S/C17H15F3N4O2S/c1-21-12-5-3-11(4-6-12)15-22-16(17(18,19)20)23-24(15)13-7-9-14(10-8-13)27(2,25)26/h3-10,21H,1-2H3. The number of hydrogen-bond acceptors (Lipinski definition) is 5. The van der Waals surface area contributed by atoms with Crippen molar-refractivity contribution in [2.75, 3.05) is 18.6 Å². The van der Waals surface area contributed by atoms with Gasteiger partial charge in [-0.05, 0) is 48.5 Å². The molecular formula is C17H15F3N4O2S. The number of alkyl halides is 3. The van der Waals surface area contributed by atoms with E-state index in [2.05, 4.69) is 15.4 Å². The van der Waals surface area contributed by atoms with E-state index in [1.54, 1.807) is 31.3 Å². The molecular weight excluding hydrogens is 381 g/mol. The Morgan fingerprint density at radius 2 is 1.59 bits per heavy atom. The summed E-state index contributed by atoms with van der Waals surface area (Å²) in [7, 11) is -1.70. The molecule has 1 heterocycles. The smallest absolute Gasteiger partial charge is 0.388 e. The summed E-state index contributed by atoms with van der Waals surface area (Å²) < 4.78 is 63.6. The van der Waals surface area contributed by atoms with Gasteiger partial charge in [0.05, 0.1) is 10.6 Å². The second-order valence-corrected chi connectivity index (χ2v) is 7.78. The molecule has 1 aromatic heterocycles. The Bertz CT molecular complexity index is 1060. The lowest BCUT2D eigenvalue weighted by Crippen LogP contribution is -2.08. The van der Waals surface area contributed by atoms with Crippen molar-refractivity contribution in [2.24, 2.45) is 0 Å². The maximum atomic E-state index is 13.1. The Morgan fingerprint density at radius 3 is 2.07 bits per heavy atom. The van der Waals surface area contributed by atoms with Gasteiger partial charge in [-0.15, -0.1) is 5.10 Å². The van der Waals surface area contributed by atoms with Gasteiger partial charge >= 0.3 is 6.18 Å². The van der Waals surface area contributed by atoms with Crippen LogP contribution in [0.1, 0.15) is 5.82 Å². The maximum Gasteiger partial charge on any atom is 0.453 e. The summed E-state index contributed by atoms with van der Waals surface area (Å²) in [6.45, 7) is 0. The fourth-order valence-corrected chi connectivity index (χ4v) is 3.05. The van der Waals surface area contributed by atoms with E-state index in [1.807, 2.05) is 0 Å². The molecule has 0 aliphatic heterocycles. The zero-order valence-corrected chi connectivity index (χ0v) is 15.1. The number of rotatable bonds is 4. The summed E-state index contributed by atoms with van der Waals surface area (Å²) in [6, 6.07) is 12.0. The van der Waals surface area contributed by atoms with Gasteiger partial charge in [-0.1, -0.05) is 0 Å². The van der Waals surface area contributed by atoms with Crippen LogP contribution >= 0.6 is 0 Å². The highest BCUT2D eigenvalue weighted by molar-refractivity contribution is 7.90. The van der Waals surface area contributed by atoms with E-state index in [0.717, 1.165) is 16.6 Å². The number of halogens is 3. The second kappa shape index (κ2) is 6.69.